The van der Waals surface area contributed by atoms with Crippen LogP contribution in [-0.4, -0.2) is 48.9 Å². The number of likely N-dealkylation sites (tertiary alicyclic amines) is 1. The molecule has 5 heteroatoms. The lowest BCUT2D eigenvalue weighted by Crippen LogP contribution is -2.58. The zero-order valence-corrected chi connectivity index (χ0v) is 7.95. The monoisotopic (exact) mass is 196 g/mol. The summed E-state index contributed by atoms with van der Waals surface area (Å²) in [6.07, 6.45) is 3.10. The number of Topliss-reactive ketones (excluding diaryl/α,β-unsaturated/α-hetero) is 1. The highest BCUT2D eigenvalue weighted by molar-refractivity contribution is 5.87. The summed E-state index contributed by atoms with van der Waals surface area (Å²) in [6, 6.07) is -0.358. The van der Waals surface area contributed by atoms with E-state index in [-0.39, 0.29) is 18.0 Å². The van der Waals surface area contributed by atoms with Gasteiger partial charge < -0.3 is 4.90 Å². The van der Waals surface area contributed by atoms with Crippen LogP contribution in [0.3, 0.4) is 0 Å². The van der Waals surface area contributed by atoms with Crippen molar-refractivity contribution in [1.29, 1.82) is 0 Å². The zero-order chi connectivity index (χ0) is 9.97. The van der Waals surface area contributed by atoms with Crippen LogP contribution in [0.25, 0.3) is 0 Å². The molecule has 14 heavy (non-hydrogen) atoms. The predicted molar refractivity (Wildman–Crippen MR) is 50.2 cm³/mol. The molecule has 2 rings (SSSR count). The molecule has 1 amide bonds. The van der Waals surface area contributed by atoms with Gasteiger partial charge in [-0.2, -0.15) is 0 Å². The van der Waals surface area contributed by atoms with Gasteiger partial charge in [0.05, 0.1) is 6.17 Å². The fourth-order valence-electron chi connectivity index (χ4n) is 2.10. The molecule has 0 aromatic heterocycles. The number of ketones is 1. The van der Waals surface area contributed by atoms with Crippen LogP contribution in [-0.2, 0) is 9.59 Å². The van der Waals surface area contributed by atoms with E-state index in [4.69, 9.17) is 0 Å². The van der Waals surface area contributed by atoms with E-state index in [1.54, 1.807) is 0 Å². The maximum absolute atomic E-state index is 11.7. The maximum atomic E-state index is 11.7. The van der Waals surface area contributed by atoms with Gasteiger partial charge in [-0.05, 0) is 6.42 Å². The summed E-state index contributed by atoms with van der Waals surface area (Å²) in [5, 5.41) is 6.34. The van der Waals surface area contributed by atoms with Crippen LogP contribution in [0.5, 0.6) is 0 Å². The number of piperidine rings is 1. The largest absolute Gasteiger partial charge is 0.321 e. The molecule has 0 bridgehead atoms. The van der Waals surface area contributed by atoms with E-state index in [9.17, 15) is 9.59 Å². The van der Waals surface area contributed by atoms with E-state index in [0.717, 1.165) is 19.5 Å². The molecule has 0 spiro atoms. The molecule has 1 atom stereocenters. The van der Waals surface area contributed by atoms with Gasteiger partial charge in [0.25, 0.3) is 0 Å². The Kier molecular flexibility index (Phi) is 2.79. The molecule has 1 radical (unpaired) electrons. The summed E-state index contributed by atoms with van der Waals surface area (Å²) >= 11 is 0. The minimum absolute atomic E-state index is 0.0794. The second-order valence-electron chi connectivity index (χ2n) is 3.69. The van der Waals surface area contributed by atoms with Gasteiger partial charge >= 0.3 is 6.41 Å². The summed E-state index contributed by atoms with van der Waals surface area (Å²) in [5.74, 6) is 0.131. The third kappa shape index (κ3) is 1.65. The third-order valence-corrected chi connectivity index (χ3v) is 2.77. The number of amides is 1. The smallest absolute Gasteiger partial charge is 0.312 e. The second kappa shape index (κ2) is 4.06. The van der Waals surface area contributed by atoms with Gasteiger partial charge in [0.2, 0.25) is 0 Å². The normalized spacial score (nSPS) is 29.6. The first-order valence-corrected chi connectivity index (χ1v) is 4.97. The van der Waals surface area contributed by atoms with E-state index in [1.165, 1.54) is 4.90 Å². The minimum atomic E-state index is -0.358. The van der Waals surface area contributed by atoms with Gasteiger partial charge in [-0.25, -0.2) is 0 Å². The van der Waals surface area contributed by atoms with Crippen LogP contribution in [0, 0.1) is 0 Å². The number of hydrogen-bond acceptors (Lipinski definition) is 4. The number of carbonyl (C=O) groups excluding carboxylic acids is 2. The maximum Gasteiger partial charge on any atom is 0.312 e. The van der Waals surface area contributed by atoms with E-state index < -0.39 is 0 Å². The van der Waals surface area contributed by atoms with Gasteiger partial charge in [-0.1, -0.05) is 0 Å². The zero-order valence-electron chi connectivity index (χ0n) is 7.95. The molecule has 0 saturated carbocycles. The molecular formula is C9H14N3O2. The van der Waals surface area contributed by atoms with Crippen molar-refractivity contribution in [1.82, 2.24) is 15.5 Å². The van der Waals surface area contributed by atoms with Crippen molar-refractivity contribution in [3.8, 4) is 0 Å². The fraction of sp³-hybridized carbons (Fsp3) is 0.778. The van der Waals surface area contributed by atoms with Crippen molar-refractivity contribution in [2.24, 2.45) is 0 Å². The Morgan fingerprint density at radius 1 is 1.36 bits per heavy atom. The summed E-state index contributed by atoms with van der Waals surface area (Å²) in [6.45, 7) is 2.34. The quantitative estimate of drug-likeness (QED) is 0.570. The molecule has 0 aromatic carbocycles. The molecule has 2 aliphatic heterocycles. The highest BCUT2D eigenvalue weighted by Gasteiger charge is 2.36. The molecular weight excluding hydrogens is 182 g/mol. The van der Waals surface area contributed by atoms with Crippen LogP contribution in [0.15, 0.2) is 0 Å². The number of rotatable bonds is 2. The lowest BCUT2D eigenvalue weighted by molar-refractivity contribution is -0.126. The Morgan fingerprint density at radius 2 is 2.07 bits per heavy atom. The number of carbonyl (C=O) groups is 1. The van der Waals surface area contributed by atoms with Crippen LogP contribution in [0.4, 0.5) is 0 Å². The van der Waals surface area contributed by atoms with Crippen LogP contribution in [0.2, 0.25) is 0 Å². The molecule has 77 valence electrons. The standard InChI is InChI=1S/C9H14N3O2/c13-6-12-5-1-2-7(14)8(12)9-10-3-4-11-9/h8-11H,1-5H2. The summed E-state index contributed by atoms with van der Waals surface area (Å²) in [7, 11) is 0. The minimum Gasteiger partial charge on any atom is -0.321 e. The Hall–Kier alpha value is -0.940. The molecule has 2 saturated heterocycles. The first-order valence-electron chi connectivity index (χ1n) is 4.97. The van der Waals surface area contributed by atoms with Crippen LogP contribution < -0.4 is 10.6 Å². The Balaban J connectivity index is 2.09. The number of nitrogens with zero attached hydrogens (tertiary/aromatic N) is 1. The predicted octanol–water partition coefficient (Wildman–Crippen LogP) is -1.39. The summed E-state index contributed by atoms with van der Waals surface area (Å²) < 4.78 is 0. The van der Waals surface area contributed by atoms with Gasteiger partial charge in [-0.3, -0.25) is 20.2 Å². The lowest BCUT2D eigenvalue weighted by Gasteiger charge is -2.34. The molecule has 1 unspecified atom stereocenters. The Labute approximate surface area is 82.8 Å². The SMILES string of the molecule is O=[C]N1CCCC(=O)C1C1NCCN1. The van der Waals surface area contributed by atoms with E-state index in [1.807, 2.05) is 6.41 Å². The third-order valence-electron chi connectivity index (χ3n) is 2.77. The number of nitrogens with one attached hydrogen (secondary N) is 2. The highest BCUT2D eigenvalue weighted by atomic mass is 16.1. The van der Waals surface area contributed by atoms with E-state index in [2.05, 4.69) is 10.6 Å². The molecule has 2 heterocycles. The highest BCUT2D eigenvalue weighted by Crippen LogP contribution is 2.15. The van der Waals surface area contributed by atoms with Crippen molar-refractivity contribution in [2.75, 3.05) is 19.6 Å². The molecule has 0 aliphatic carbocycles. The fourth-order valence-corrected chi connectivity index (χ4v) is 2.10. The molecule has 2 aliphatic rings. The Bertz CT molecular complexity index is 238. The average Bonchev–Trinajstić information content (AvgIpc) is 2.70. The van der Waals surface area contributed by atoms with Gasteiger partial charge in [0, 0.05) is 26.1 Å². The molecule has 2 fully saturated rings. The molecule has 5 nitrogen and oxygen atoms in total. The van der Waals surface area contributed by atoms with Crippen LogP contribution in [0.1, 0.15) is 12.8 Å². The lowest BCUT2D eigenvalue weighted by atomic mass is 9.99. The molecule has 2 N–H and O–H groups in total. The van der Waals surface area contributed by atoms with Gasteiger partial charge in [-0.15, -0.1) is 0 Å². The number of hydrogen-bond donors (Lipinski definition) is 2. The van der Waals surface area contributed by atoms with Gasteiger partial charge in [0.15, 0.2) is 5.78 Å². The topological polar surface area (TPSA) is 61.4 Å². The second-order valence-corrected chi connectivity index (χ2v) is 3.69. The first-order chi connectivity index (χ1) is 6.83. The van der Waals surface area contributed by atoms with Crippen LogP contribution >= 0.6 is 0 Å². The van der Waals surface area contributed by atoms with Crippen molar-refractivity contribution in [2.45, 2.75) is 25.0 Å². The van der Waals surface area contributed by atoms with Crippen molar-refractivity contribution < 1.29 is 9.59 Å². The van der Waals surface area contributed by atoms with E-state index in [0.29, 0.717) is 13.0 Å². The molecule has 0 aromatic rings. The Morgan fingerprint density at radius 3 is 2.71 bits per heavy atom. The summed E-state index contributed by atoms with van der Waals surface area (Å²) in [5.41, 5.74) is 0. The van der Waals surface area contributed by atoms with Crippen molar-refractivity contribution >= 4 is 12.2 Å². The van der Waals surface area contributed by atoms with Crippen molar-refractivity contribution in [3.05, 3.63) is 0 Å². The summed E-state index contributed by atoms with van der Waals surface area (Å²) in [4.78, 5) is 23.8. The van der Waals surface area contributed by atoms with Crippen molar-refractivity contribution in [3.63, 3.8) is 0 Å². The first kappa shape index (κ1) is 9.61. The van der Waals surface area contributed by atoms with E-state index >= 15 is 0 Å². The average molecular weight is 196 g/mol. The van der Waals surface area contributed by atoms with Gasteiger partial charge in [0.1, 0.15) is 6.04 Å².